The minimum absolute atomic E-state index is 0.00390. The van der Waals surface area contributed by atoms with Crippen LogP contribution in [0.4, 0.5) is 5.82 Å². The molecule has 0 fully saturated rings. The number of fused-ring (bicyclic) bond motifs is 2. The first-order valence-corrected chi connectivity index (χ1v) is 13.3. The molecule has 2 aromatic heterocycles. The van der Waals surface area contributed by atoms with Crippen LogP contribution in [0, 0.1) is 3.57 Å². The van der Waals surface area contributed by atoms with Crippen molar-refractivity contribution < 1.29 is 13.2 Å². The fraction of sp³-hybridized carbons (Fsp3) is 0.368. The number of carbonyl (C=O) groups is 1. The number of carbonyl (C=O) groups excluding carboxylic acids is 1. The maximum absolute atomic E-state index is 12.2. The van der Waals surface area contributed by atoms with Crippen molar-refractivity contribution in [3.63, 3.8) is 0 Å². The van der Waals surface area contributed by atoms with Gasteiger partial charge in [0.25, 0.3) is 0 Å². The van der Waals surface area contributed by atoms with Gasteiger partial charge in [0, 0.05) is 33.5 Å². The molecule has 2 heterocycles. The van der Waals surface area contributed by atoms with Gasteiger partial charge in [0.05, 0.1) is 5.75 Å². The quantitative estimate of drug-likeness (QED) is 0.394. The Morgan fingerprint density at radius 1 is 1.29 bits per heavy atom. The van der Waals surface area contributed by atoms with Crippen LogP contribution in [0.5, 0.6) is 0 Å². The molecule has 3 N–H and O–H groups in total. The van der Waals surface area contributed by atoms with Crippen LogP contribution in [0.1, 0.15) is 35.7 Å². The molecule has 12 heteroatoms. The van der Waals surface area contributed by atoms with Crippen LogP contribution in [0.25, 0.3) is 11.2 Å². The number of aromatic nitrogens is 4. The topological polar surface area (TPSA) is 133 Å². The molecule has 0 radical (unpaired) electrons. The number of aryl methyl sites for hydroxylation is 2. The average molecular weight is 572 g/mol. The summed E-state index contributed by atoms with van der Waals surface area (Å²) in [4.78, 5) is 26.1. The molecule has 9 nitrogen and oxygen atoms in total. The molecular weight excluding hydrogens is 551 g/mol. The van der Waals surface area contributed by atoms with Gasteiger partial charge in [-0.2, -0.15) is 0 Å². The van der Waals surface area contributed by atoms with Crippen molar-refractivity contribution >= 4 is 67.1 Å². The maximum Gasteiger partial charge on any atom is 0.211 e. The Bertz CT molecular complexity index is 1280. The van der Waals surface area contributed by atoms with Gasteiger partial charge in [-0.05, 0) is 53.1 Å². The van der Waals surface area contributed by atoms with Crippen LogP contribution in [-0.2, 0) is 23.0 Å². The summed E-state index contributed by atoms with van der Waals surface area (Å²) < 4.78 is 29.4. The normalized spacial score (nSPS) is 13.8. The summed E-state index contributed by atoms with van der Waals surface area (Å²) in [5.74, 6) is 0.422. The van der Waals surface area contributed by atoms with Gasteiger partial charge in [0.1, 0.15) is 6.33 Å². The number of ketones is 1. The van der Waals surface area contributed by atoms with E-state index in [0.29, 0.717) is 42.3 Å². The molecule has 0 amide bonds. The standard InChI is InChI=1S/C19H21IN6O3S2/c1-2-24-31(28,29)7-3-6-26-18-16(17(21)22-10-23-18)25-19(26)30-15-9-12-11(8-13(15)20)4-5-14(12)27/h8-10,24H,2-7H2,1H3,(H2,21,22,23). The van der Waals surface area contributed by atoms with E-state index in [0.717, 1.165) is 26.0 Å². The molecule has 0 aliphatic heterocycles. The molecule has 3 aromatic rings. The van der Waals surface area contributed by atoms with Gasteiger partial charge < -0.3 is 10.3 Å². The number of hydrogen-bond donors (Lipinski definition) is 2. The number of halogens is 1. The van der Waals surface area contributed by atoms with E-state index in [1.54, 1.807) is 6.92 Å². The van der Waals surface area contributed by atoms with E-state index in [9.17, 15) is 13.2 Å². The lowest BCUT2D eigenvalue weighted by Gasteiger charge is -2.11. The molecular formula is C19H21IN6O3S2. The van der Waals surface area contributed by atoms with Crippen molar-refractivity contribution in [3.8, 4) is 0 Å². The summed E-state index contributed by atoms with van der Waals surface area (Å²) in [6, 6.07) is 3.97. The lowest BCUT2D eigenvalue weighted by atomic mass is 10.1. The Labute approximate surface area is 197 Å². The van der Waals surface area contributed by atoms with Crippen LogP contribution in [0.2, 0.25) is 0 Å². The van der Waals surface area contributed by atoms with Crippen molar-refractivity contribution in [2.24, 2.45) is 0 Å². The predicted octanol–water partition coefficient (Wildman–Crippen LogP) is 2.62. The number of anilines is 1. The number of sulfonamides is 1. The molecule has 1 aromatic carbocycles. The largest absolute Gasteiger partial charge is 0.382 e. The van der Waals surface area contributed by atoms with Gasteiger partial charge in [-0.25, -0.2) is 28.1 Å². The highest BCUT2D eigenvalue weighted by atomic mass is 127. The summed E-state index contributed by atoms with van der Waals surface area (Å²) >= 11 is 3.68. The van der Waals surface area contributed by atoms with E-state index in [1.807, 2.05) is 16.7 Å². The van der Waals surface area contributed by atoms with Gasteiger partial charge in [0.15, 0.2) is 27.9 Å². The van der Waals surface area contributed by atoms with E-state index in [1.165, 1.54) is 18.1 Å². The predicted molar refractivity (Wildman–Crippen MR) is 128 cm³/mol. The zero-order valence-electron chi connectivity index (χ0n) is 16.8. The first-order chi connectivity index (χ1) is 14.8. The van der Waals surface area contributed by atoms with Crippen molar-refractivity contribution in [2.75, 3.05) is 18.0 Å². The molecule has 164 valence electrons. The number of benzene rings is 1. The zero-order chi connectivity index (χ0) is 22.2. The second-order valence-corrected chi connectivity index (χ2v) is 11.2. The maximum atomic E-state index is 12.2. The fourth-order valence-corrected chi connectivity index (χ4v) is 6.45. The van der Waals surface area contributed by atoms with Crippen molar-refractivity contribution in [3.05, 3.63) is 33.2 Å². The minimum atomic E-state index is -3.32. The molecule has 0 saturated heterocycles. The lowest BCUT2D eigenvalue weighted by molar-refractivity contribution is 0.0994. The third-order valence-corrected chi connectivity index (χ3v) is 8.83. The average Bonchev–Trinajstić information content (AvgIpc) is 3.24. The number of nitrogens with two attached hydrogens (primary N) is 1. The number of hydrogen-bond acceptors (Lipinski definition) is 8. The van der Waals surface area contributed by atoms with Crippen LogP contribution in [0.15, 0.2) is 28.5 Å². The number of nitrogens with one attached hydrogen (secondary N) is 1. The Kier molecular flexibility index (Phi) is 6.51. The summed E-state index contributed by atoms with van der Waals surface area (Å²) in [6.45, 7) is 2.51. The van der Waals surface area contributed by atoms with Crippen molar-refractivity contribution in [1.82, 2.24) is 24.2 Å². The fourth-order valence-electron chi connectivity index (χ4n) is 3.54. The monoisotopic (exact) mass is 572 g/mol. The van der Waals surface area contributed by atoms with Gasteiger partial charge in [-0.1, -0.05) is 18.7 Å². The van der Waals surface area contributed by atoms with E-state index in [4.69, 9.17) is 5.73 Å². The summed E-state index contributed by atoms with van der Waals surface area (Å²) in [6.07, 6.45) is 3.08. The van der Waals surface area contributed by atoms with Gasteiger partial charge in [0.2, 0.25) is 10.0 Å². The number of nitrogens with zero attached hydrogens (tertiary/aromatic N) is 4. The Balaban J connectivity index is 1.68. The van der Waals surface area contributed by atoms with E-state index < -0.39 is 10.0 Å². The van der Waals surface area contributed by atoms with Crippen LogP contribution in [0.3, 0.4) is 0 Å². The molecule has 4 rings (SSSR count). The van der Waals surface area contributed by atoms with Crippen LogP contribution in [-0.4, -0.2) is 46.0 Å². The Hall–Kier alpha value is -1.77. The summed E-state index contributed by atoms with van der Waals surface area (Å²) in [7, 11) is -3.32. The summed E-state index contributed by atoms with van der Waals surface area (Å²) in [5, 5.41) is 0.631. The second kappa shape index (κ2) is 9.00. The lowest BCUT2D eigenvalue weighted by Crippen LogP contribution is -2.26. The van der Waals surface area contributed by atoms with E-state index >= 15 is 0 Å². The third kappa shape index (κ3) is 4.71. The first kappa shape index (κ1) is 22.4. The van der Waals surface area contributed by atoms with Crippen molar-refractivity contribution in [2.45, 2.75) is 42.8 Å². The molecule has 0 atom stereocenters. The minimum Gasteiger partial charge on any atom is -0.382 e. The van der Waals surface area contributed by atoms with Crippen molar-refractivity contribution in [1.29, 1.82) is 0 Å². The molecule has 0 bridgehead atoms. The smallest absolute Gasteiger partial charge is 0.211 e. The molecule has 0 spiro atoms. The highest BCUT2D eigenvalue weighted by molar-refractivity contribution is 14.1. The zero-order valence-corrected chi connectivity index (χ0v) is 20.6. The SMILES string of the molecule is CCNS(=O)(=O)CCCn1c(Sc2cc3c(cc2I)CCC3=O)nc2c(N)ncnc21. The molecule has 1 aliphatic carbocycles. The van der Waals surface area contributed by atoms with E-state index in [2.05, 4.69) is 42.3 Å². The first-order valence-electron chi connectivity index (χ1n) is 9.76. The van der Waals surface area contributed by atoms with Crippen LogP contribution >= 0.6 is 34.4 Å². The molecule has 31 heavy (non-hydrogen) atoms. The number of rotatable bonds is 8. The summed E-state index contributed by atoms with van der Waals surface area (Å²) in [5.41, 5.74) is 8.88. The van der Waals surface area contributed by atoms with Gasteiger partial charge in [-0.15, -0.1) is 0 Å². The van der Waals surface area contributed by atoms with E-state index in [-0.39, 0.29) is 17.4 Å². The highest BCUT2D eigenvalue weighted by Gasteiger charge is 2.23. The second-order valence-electron chi connectivity index (χ2n) is 7.11. The molecule has 0 unspecified atom stereocenters. The Morgan fingerprint density at radius 2 is 2.10 bits per heavy atom. The Morgan fingerprint density at radius 3 is 2.87 bits per heavy atom. The number of nitrogen functional groups attached to an aromatic ring is 1. The third-order valence-electron chi connectivity index (χ3n) is 4.97. The molecule has 1 aliphatic rings. The number of Topliss-reactive ketones (excluding diaryl/α,β-unsaturated/α-hetero) is 1. The van der Waals surface area contributed by atoms with Crippen LogP contribution < -0.4 is 10.5 Å². The molecule has 0 saturated carbocycles. The highest BCUT2D eigenvalue weighted by Crippen LogP contribution is 2.37. The van der Waals surface area contributed by atoms with Gasteiger partial charge in [-0.3, -0.25) is 4.79 Å². The number of imidazole rings is 1. The van der Waals surface area contributed by atoms with Gasteiger partial charge >= 0.3 is 0 Å².